The molecule has 3 atom stereocenters. The Hall–Kier alpha value is -2.13. The molecule has 0 radical (unpaired) electrons. The quantitative estimate of drug-likeness (QED) is 0.750. The normalized spacial score (nSPS) is 21.5. The summed E-state index contributed by atoms with van der Waals surface area (Å²) in [4.78, 5) is 16.2. The Morgan fingerprint density at radius 2 is 2.33 bits per heavy atom. The second-order valence-corrected chi connectivity index (χ2v) is 6.40. The van der Waals surface area contributed by atoms with E-state index in [1.54, 1.807) is 25.3 Å². The van der Waals surface area contributed by atoms with Crippen molar-refractivity contribution in [3.05, 3.63) is 23.9 Å². The molecule has 2 rings (SSSR count). The maximum atomic E-state index is 12.1. The van der Waals surface area contributed by atoms with E-state index in [1.165, 1.54) is 12.8 Å². The Balaban J connectivity index is 1.68. The number of hydrogen-bond acceptors (Lipinski definition) is 5. The highest BCUT2D eigenvalue weighted by molar-refractivity contribution is 5.80. The number of amides is 1. The van der Waals surface area contributed by atoms with Gasteiger partial charge in [-0.15, -0.1) is 0 Å². The number of rotatable bonds is 7. The fourth-order valence-corrected chi connectivity index (χ4v) is 3.00. The molecule has 0 spiro atoms. The van der Waals surface area contributed by atoms with Gasteiger partial charge < -0.3 is 15.4 Å². The number of nitrogens with one attached hydrogen (secondary N) is 2. The van der Waals surface area contributed by atoms with Gasteiger partial charge >= 0.3 is 0 Å². The van der Waals surface area contributed by atoms with Gasteiger partial charge in [-0.05, 0) is 37.8 Å². The predicted molar refractivity (Wildman–Crippen MR) is 92.4 cm³/mol. The maximum absolute atomic E-state index is 12.1. The predicted octanol–water partition coefficient (Wildman–Crippen LogP) is 2.47. The molecule has 1 aromatic heterocycles. The molecule has 6 nitrogen and oxygen atoms in total. The number of hydrogen-bond donors (Lipinski definition) is 2. The summed E-state index contributed by atoms with van der Waals surface area (Å²) in [6.45, 7) is 4.99. The lowest BCUT2D eigenvalue weighted by Crippen LogP contribution is -2.39. The number of carbonyl (C=O) groups excluding carboxylic acids is 1. The molecule has 2 N–H and O–H groups in total. The van der Waals surface area contributed by atoms with Crippen LogP contribution in [0.2, 0.25) is 0 Å². The molecule has 0 unspecified atom stereocenters. The maximum Gasteiger partial charge on any atom is 0.248 e. The highest BCUT2D eigenvalue weighted by atomic mass is 16.5. The van der Waals surface area contributed by atoms with Gasteiger partial charge in [0.15, 0.2) is 0 Å². The third-order valence-corrected chi connectivity index (χ3v) is 4.30. The molecular weight excluding hydrogens is 304 g/mol. The monoisotopic (exact) mass is 330 g/mol. The van der Waals surface area contributed by atoms with E-state index in [9.17, 15) is 4.79 Å². The number of nitriles is 1. The first-order chi connectivity index (χ1) is 11.6. The molecule has 0 bridgehead atoms. The number of anilines is 1. The second-order valence-electron chi connectivity index (χ2n) is 6.40. The Kier molecular flexibility index (Phi) is 7.01. The Morgan fingerprint density at radius 1 is 1.50 bits per heavy atom. The highest BCUT2D eigenvalue weighted by Crippen LogP contribution is 2.26. The second kappa shape index (κ2) is 9.24. The van der Waals surface area contributed by atoms with Crippen LogP contribution in [0.1, 0.15) is 45.1 Å². The molecule has 1 aliphatic carbocycles. The Bertz CT molecular complexity index is 585. The Morgan fingerprint density at radius 3 is 3.08 bits per heavy atom. The standard InChI is InChI=1S/C18H26N4O2/c1-13-5-3-7-16(11-13)24-14(2)18(23)22-10-9-21-17-15(12-19)6-4-8-20-17/h4,6,8,13-14,16H,3,5,7,9-11H2,1-2H3,(H,20,21)(H,22,23)/t13-,14+,16-/m1/s1. The SMILES string of the molecule is C[C@@H]1CCC[C@@H](O[C@@H](C)C(=O)NCCNc2ncccc2C#N)C1. The summed E-state index contributed by atoms with van der Waals surface area (Å²) in [6, 6.07) is 5.50. The van der Waals surface area contributed by atoms with Crippen molar-refractivity contribution in [1.82, 2.24) is 10.3 Å². The molecule has 1 aromatic rings. The van der Waals surface area contributed by atoms with E-state index in [4.69, 9.17) is 10.00 Å². The lowest BCUT2D eigenvalue weighted by Gasteiger charge is -2.29. The van der Waals surface area contributed by atoms with Crippen LogP contribution in [0.15, 0.2) is 18.3 Å². The third-order valence-electron chi connectivity index (χ3n) is 4.30. The van der Waals surface area contributed by atoms with Crippen LogP contribution in [0.4, 0.5) is 5.82 Å². The van der Waals surface area contributed by atoms with Crippen LogP contribution >= 0.6 is 0 Å². The summed E-state index contributed by atoms with van der Waals surface area (Å²) in [7, 11) is 0. The minimum atomic E-state index is -0.440. The number of ether oxygens (including phenoxy) is 1. The van der Waals surface area contributed by atoms with Crippen molar-refractivity contribution in [3.8, 4) is 6.07 Å². The van der Waals surface area contributed by atoms with Gasteiger partial charge in [0, 0.05) is 19.3 Å². The van der Waals surface area contributed by atoms with Crippen molar-refractivity contribution >= 4 is 11.7 Å². The van der Waals surface area contributed by atoms with Crippen molar-refractivity contribution in [3.63, 3.8) is 0 Å². The summed E-state index contributed by atoms with van der Waals surface area (Å²) >= 11 is 0. The third kappa shape index (κ3) is 5.50. The summed E-state index contributed by atoms with van der Waals surface area (Å²) in [5.41, 5.74) is 0.493. The van der Waals surface area contributed by atoms with E-state index in [-0.39, 0.29) is 12.0 Å². The minimum absolute atomic E-state index is 0.100. The number of pyridine rings is 1. The van der Waals surface area contributed by atoms with Crippen LogP contribution in [0, 0.1) is 17.2 Å². The molecule has 0 aromatic carbocycles. The lowest BCUT2D eigenvalue weighted by molar-refractivity contribution is -0.137. The van der Waals surface area contributed by atoms with Gasteiger partial charge in [0.25, 0.3) is 0 Å². The van der Waals surface area contributed by atoms with E-state index in [0.29, 0.717) is 30.4 Å². The molecule has 0 aliphatic heterocycles. The molecule has 1 heterocycles. The average Bonchev–Trinajstić information content (AvgIpc) is 2.58. The van der Waals surface area contributed by atoms with E-state index in [0.717, 1.165) is 12.8 Å². The zero-order valence-electron chi connectivity index (χ0n) is 14.4. The molecule has 1 aliphatic rings. The largest absolute Gasteiger partial charge is 0.367 e. The first-order valence-electron chi connectivity index (χ1n) is 8.62. The topological polar surface area (TPSA) is 87.0 Å². The van der Waals surface area contributed by atoms with Crippen LogP contribution < -0.4 is 10.6 Å². The lowest BCUT2D eigenvalue weighted by atomic mass is 9.88. The van der Waals surface area contributed by atoms with Crippen LogP contribution in [0.3, 0.4) is 0 Å². The highest BCUT2D eigenvalue weighted by Gasteiger charge is 2.23. The van der Waals surface area contributed by atoms with Crippen molar-refractivity contribution in [2.45, 2.75) is 51.7 Å². The van der Waals surface area contributed by atoms with Crippen LogP contribution in [-0.4, -0.2) is 36.2 Å². The average molecular weight is 330 g/mol. The summed E-state index contributed by atoms with van der Waals surface area (Å²) in [5.74, 6) is 1.11. The van der Waals surface area contributed by atoms with E-state index >= 15 is 0 Å². The van der Waals surface area contributed by atoms with Crippen molar-refractivity contribution in [2.24, 2.45) is 5.92 Å². The fourth-order valence-electron chi connectivity index (χ4n) is 3.00. The molecule has 24 heavy (non-hydrogen) atoms. The summed E-state index contributed by atoms with van der Waals surface area (Å²) < 4.78 is 5.89. The zero-order chi connectivity index (χ0) is 17.4. The van der Waals surface area contributed by atoms with Gasteiger partial charge in [0.1, 0.15) is 18.0 Å². The molecule has 130 valence electrons. The molecule has 1 fully saturated rings. The zero-order valence-corrected chi connectivity index (χ0v) is 14.4. The first kappa shape index (κ1) is 18.2. The molecule has 0 saturated heterocycles. The summed E-state index contributed by atoms with van der Waals surface area (Å²) in [5, 5.41) is 14.9. The molecule has 1 amide bonds. The summed E-state index contributed by atoms with van der Waals surface area (Å²) in [6.07, 6.45) is 5.89. The van der Waals surface area contributed by atoms with Crippen molar-refractivity contribution in [1.29, 1.82) is 5.26 Å². The molecule has 6 heteroatoms. The van der Waals surface area contributed by atoms with Crippen molar-refractivity contribution in [2.75, 3.05) is 18.4 Å². The van der Waals surface area contributed by atoms with Crippen LogP contribution in [0.5, 0.6) is 0 Å². The Labute approximate surface area is 143 Å². The fraction of sp³-hybridized carbons (Fsp3) is 0.611. The van der Waals surface area contributed by atoms with E-state index in [1.807, 2.05) is 0 Å². The van der Waals surface area contributed by atoms with Gasteiger partial charge in [0.05, 0.1) is 11.7 Å². The van der Waals surface area contributed by atoms with Gasteiger partial charge in [-0.25, -0.2) is 4.98 Å². The number of nitrogens with zero attached hydrogens (tertiary/aromatic N) is 2. The van der Waals surface area contributed by atoms with Crippen molar-refractivity contribution < 1.29 is 9.53 Å². The van der Waals surface area contributed by atoms with Gasteiger partial charge in [-0.1, -0.05) is 19.8 Å². The smallest absolute Gasteiger partial charge is 0.248 e. The minimum Gasteiger partial charge on any atom is -0.367 e. The molecule has 1 saturated carbocycles. The first-order valence-corrected chi connectivity index (χ1v) is 8.62. The number of aromatic nitrogens is 1. The number of carbonyl (C=O) groups is 1. The van der Waals surface area contributed by atoms with E-state index < -0.39 is 6.10 Å². The van der Waals surface area contributed by atoms with Crippen LogP contribution in [0.25, 0.3) is 0 Å². The molecular formula is C18H26N4O2. The van der Waals surface area contributed by atoms with Gasteiger partial charge in [0.2, 0.25) is 5.91 Å². The van der Waals surface area contributed by atoms with Gasteiger partial charge in [-0.3, -0.25) is 4.79 Å². The van der Waals surface area contributed by atoms with Crippen LogP contribution in [-0.2, 0) is 9.53 Å². The van der Waals surface area contributed by atoms with E-state index in [2.05, 4.69) is 28.6 Å². The van der Waals surface area contributed by atoms with Gasteiger partial charge in [-0.2, -0.15) is 5.26 Å².